The average Bonchev–Trinajstić information content (AvgIpc) is 2.50. The van der Waals surface area contributed by atoms with E-state index >= 15 is 0 Å². The Morgan fingerprint density at radius 2 is 1.79 bits per heavy atom. The summed E-state index contributed by atoms with van der Waals surface area (Å²) in [6.45, 7) is 1.32. The number of carboxylic acids is 1. The van der Waals surface area contributed by atoms with E-state index in [0.717, 1.165) is 5.56 Å². The first kappa shape index (κ1) is 19.8. The fourth-order valence-electron chi connectivity index (χ4n) is 2.22. The number of halogens is 3. The van der Waals surface area contributed by atoms with Crippen molar-refractivity contribution in [2.75, 3.05) is 0 Å². The maximum atomic E-state index is 12.7. The minimum absolute atomic E-state index is 0.125. The van der Waals surface area contributed by atoms with Crippen LogP contribution in [0.5, 0.6) is 0 Å². The predicted molar refractivity (Wildman–Crippen MR) is 82.6 cm³/mol. The normalized spacial score (nSPS) is 13.8. The summed E-state index contributed by atoms with van der Waals surface area (Å²) >= 11 is 0. The van der Waals surface area contributed by atoms with Gasteiger partial charge in [0.2, 0.25) is 0 Å². The number of carbonyl (C=O) groups excluding carboxylic acids is 1. The van der Waals surface area contributed by atoms with Crippen molar-refractivity contribution in [1.29, 1.82) is 0 Å². The van der Waals surface area contributed by atoms with Gasteiger partial charge in [0.1, 0.15) is 6.04 Å². The molecule has 0 aromatic heterocycles. The SMILES string of the molecule is CC[C@H](NC(=O)NC(CCC(=O)O)Cc1ccccc1)C(F)(F)F. The van der Waals surface area contributed by atoms with Crippen LogP contribution in [0, 0.1) is 0 Å². The highest BCUT2D eigenvalue weighted by Crippen LogP contribution is 2.22. The lowest BCUT2D eigenvalue weighted by atomic mass is 10.0. The third-order valence-electron chi connectivity index (χ3n) is 3.48. The molecule has 134 valence electrons. The molecule has 0 bridgehead atoms. The molecule has 0 saturated heterocycles. The quantitative estimate of drug-likeness (QED) is 0.677. The Morgan fingerprint density at radius 1 is 1.17 bits per heavy atom. The first-order valence-corrected chi connectivity index (χ1v) is 7.61. The monoisotopic (exact) mass is 346 g/mol. The van der Waals surface area contributed by atoms with E-state index in [-0.39, 0.29) is 19.3 Å². The molecule has 0 aliphatic rings. The van der Waals surface area contributed by atoms with Crippen LogP contribution >= 0.6 is 0 Å². The standard InChI is InChI=1S/C16H21F3N2O3/c1-2-13(16(17,18)19)21-15(24)20-12(8-9-14(22)23)10-11-6-4-3-5-7-11/h3-7,12-13H,2,8-10H2,1H3,(H,22,23)(H2,20,21,24)/t12?,13-/m0/s1. The molecular formula is C16H21F3N2O3. The summed E-state index contributed by atoms with van der Waals surface area (Å²) in [6, 6.07) is 5.54. The zero-order valence-electron chi connectivity index (χ0n) is 13.3. The fraction of sp³-hybridized carbons (Fsp3) is 0.500. The van der Waals surface area contributed by atoms with Crippen LogP contribution in [0.2, 0.25) is 0 Å². The summed E-state index contributed by atoms with van der Waals surface area (Å²) < 4.78 is 38.1. The molecule has 24 heavy (non-hydrogen) atoms. The highest BCUT2D eigenvalue weighted by Gasteiger charge is 2.39. The molecule has 0 saturated carbocycles. The van der Waals surface area contributed by atoms with Crippen molar-refractivity contribution in [1.82, 2.24) is 10.6 Å². The molecular weight excluding hydrogens is 325 g/mol. The molecule has 0 heterocycles. The van der Waals surface area contributed by atoms with Gasteiger partial charge >= 0.3 is 18.2 Å². The number of benzene rings is 1. The van der Waals surface area contributed by atoms with E-state index in [4.69, 9.17) is 5.11 Å². The van der Waals surface area contributed by atoms with Crippen LogP contribution in [-0.2, 0) is 11.2 Å². The maximum Gasteiger partial charge on any atom is 0.408 e. The number of carbonyl (C=O) groups is 2. The number of hydrogen-bond acceptors (Lipinski definition) is 2. The molecule has 0 fully saturated rings. The van der Waals surface area contributed by atoms with Crippen molar-refractivity contribution in [3.8, 4) is 0 Å². The maximum absolute atomic E-state index is 12.7. The Kier molecular flexibility index (Phi) is 7.54. The molecule has 1 rings (SSSR count). The Labute approximate surface area is 138 Å². The first-order chi connectivity index (χ1) is 11.2. The Balaban J connectivity index is 2.69. The van der Waals surface area contributed by atoms with Crippen molar-refractivity contribution in [2.45, 2.75) is 50.9 Å². The van der Waals surface area contributed by atoms with Gasteiger partial charge in [0.05, 0.1) is 0 Å². The molecule has 1 unspecified atom stereocenters. The lowest BCUT2D eigenvalue weighted by molar-refractivity contribution is -0.153. The summed E-state index contributed by atoms with van der Waals surface area (Å²) in [6.07, 6.45) is -4.53. The summed E-state index contributed by atoms with van der Waals surface area (Å²) in [7, 11) is 0. The van der Waals surface area contributed by atoms with Crippen LogP contribution in [0.15, 0.2) is 30.3 Å². The second kappa shape index (κ2) is 9.14. The van der Waals surface area contributed by atoms with Crippen LogP contribution < -0.4 is 10.6 Å². The molecule has 0 aliphatic carbocycles. The van der Waals surface area contributed by atoms with Gasteiger partial charge < -0.3 is 15.7 Å². The van der Waals surface area contributed by atoms with E-state index in [1.165, 1.54) is 6.92 Å². The number of rotatable bonds is 8. The second-order valence-corrected chi connectivity index (χ2v) is 5.44. The molecule has 1 aromatic carbocycles. The highest BCUT2D eigenvalue weighted by molar-refractivity contribution is 5.75. The van der Waals surface area contributed by atoms with Crippen molar-refractivity contribution in [3.63, 3.8) is 0 Å². The molecule has 3 N–H and O–H groups in total. The van der Waals surface area contributed by atoms with Gasteiger partial charge in [0.25, 0.3) is 0 Å². The Bertz CT molecular complexity index is 535. The van der Waals surface area contributed by atoms with Crippen molar-refractivity contribution in [2.24, 2.45) is 0 Å². The summed E-state index contributed by atoms with van der Waals surface area (Å²) in [5, 5.41) is 13.1. The van der Waals surface area contributed by atoms with E-state index < -0.39 is 30.3 Å². The fourth-order valence-corrected chi connectivity index (χ4v) is 2.22. The van der Waals surface area contributed by atoms with Gasteiger partial charge in [-0.3, -0.25) is 4.79 Å². The van der Waals surface area contributed by atoms with Crippen LogP contribution in [0.1, 0.15) is 31.7 Å². The lowest BCUT2D eigenvalue weighted by Gasteiger charge is -2.23. The third-order valence-corrected chi connectivity index (χ3v) is 3.48. The van der Waals surface area contributed by atoms with Crippen LogP contribution in [-0.4, -0.2) is 35.4 Å². The molecule has 1 aromatic rings. The minimum Gasteiger partial charge on any atom is -0.481 e. The smallest absolute Gasteiger partial charge is 0.408 e. The van der Waals surface area contributed by atoms with Gasteiger partial charge in [-0.15, -0.1) is 0 Å². The van der Waals surface area contributed by atoms with Gasteiger partial charge in [0, 0.05) is 12.5 Å². The molecule has 5 nitrogen and oxygen atoms in total. The number of alkyl halides is 3. The van der Waals surface area contributed by atoms with Gasteiger partial charge in [-0.2, -0.15) is 13.2 Å². The largest absolute Gasteiger partial charge is 0.481 e. The van der Waals surface area contributed by atoms with Crippen molar-refractivity contribution < 1.29 is 27.9 Å². The number of hydrogen-bond donors (Lipinski definition) is 3. The van der Waals surface area contributed by atoms with Crippen molar-refractivity contribution >= 4 is 12.0 Å². The number of carboxylic acid groups (broad SMARTS) is 1. The summed E-state index contributed by atoms with van der Waals surface area (Å²) in [5.41, 5.74) is 0.857. The third kappa shape index (κ3) is 7.34. The number of nitrogens with one attached hydrogen (secondary N) is 2. The highest BCUT2D eigenvalue weighted by atomic mass is 19.4. The molecule has 0 radical (unpaired) electrons. The van der Waals surface area contributed by atoms with Gasteiger partial charge in [-0.05, 0) is 24.8 Å². The molecule has 0 aliphatic heterocycles. The van der Waals surface area contributed by atoms with Crippen LogP contribution in [0.25, 0.3) is 0 Å². The van der Waals surface area contributed by atoms with E-state index in [0.29, 0.717) is 6.42 Å². The van der Waals surface area contributed by atoms with Crippen LogP contribution in [0.4, 0.5) is 18.0 Å². The lowest BCUT2D eigenvalue weighted by Crippen LogP contribution is -2.51. The number of urea groups is 1. The van der Waals surface area contributed by atoms with Gasteiger partial charge in [-0.25, -0.2) is 4.79 Å². The average molecular weight is 346 g/mol. The zero-order valence-corrected chi connectivity index (χ0v) is 13.3. The van der Waals surface area contributed by atoms with E-state index in [1.54, 1.807) is 24.3 Å². The molecule has 0 spiro atoms. The predicted octanol–water partition coefficient (Wildman–Crippen LogP) is 3.10. The minimum atomic E-state index is -4.53. The Morgan fingerprint density at radius 3 is 2.29 bits per heavy atom. The first-order valence-electron chi connectivity index (χ1n) is 7.61. The van der Waals surface area contributed by atoms with Gasteiger partial charge in [0.15, 0.2) is 0 Å². The molecule has 2 amide bonds. The van der Waals surface area contributed by atoms with Crippen molar-refractivity contribution in [3.05, 3.63) is 35.9 Å². The zero-order chi connectivity index (χ0) is 18.2. The van der Waals surface area contributed by atoms with E-state index in [2.05, 4.69) is 5.32 Å². The van der Waals surface area contributed by atoms with Crippen LogP contribution in [0.3, 0.4) is 0 Å². The number of aliphatic carboxylic acids is 1. The Hall–Kier alpha value is -2.25. The molecule has 8 heteroatoms. The number of amides is 2. The second-order valence-electron chi connectivity index (χ2n) is 5.44. The van der Waals surface area contributed by atoms with Gasteiger partial charge in [-0.1, -0.05) is 37.3 Å². The molecule has 2 atom stereocenters. The summed E-state index contributed by atoms with van der Waals surface area (Å²) in [5.74, 6) is -1.03. The van der Waals surface area contributed by atoms with E-state index in [1.807, 2.05) is 11.4 Å². The summed E-state index contributed by atoms with van der Waals surface area (Å²) in [4.78, 5) is 22.6. The van der Waals surface area contributed by atoms with E-state index in [9.17, 15) is 22.8 Å². The topological polar surface area (TPSA) is 78.4 Å².